The molecule has 0 radical (unpaired) electrons. The molecular formula is C14H28F2N2. The Morgan fingerprint density at radius 3 is 2.44 bits per heavy atom. The minimum Gasteiger partial charge on any atom is -0.307 e. The van der Waals surface area contributed by atoms with Gasteiger partial charge in [-0.15, -0.1) is 0 Å². The number of hydrogen-bond acceptors (Lipinski definition) is 2. The third-order valence-electron chi connectivity index (χ3n) is 3.52. The van der Waals surface area contributed by atoms with Crippen LogP contribution < -0.4 is 5.32 Å². The number of alkyl halides is 2. The Morgan fingerprint density at radius 2 is 1.94 bits per heavy atom. The normalized spacial score (nSPS) is 26.8. The third-order valence-corrected chi connectivity index (χ3v) is 3.52. The van der Waals surface area contributed by atoms with Crippen LogP contribution in [0.4, 0.5) is 8.78 Å². The van der Waals surface area contributed by atoms with E-state index in [9.17, 15) is 8.78 Å². The molecular weight excluding hydrogens is 234 g/mol. The van der Waals surface area contributed by atoms with Crippen molar-refractivity contribution < 1.29 is 8.78 Å². The summed E-state index contributed by atoms with van der Waals surface area (Å²) < 4.78 is 24.5. The summed E-state index contributed by atoms with van der Waals surface area (Å²) in [7, 11) is 0. The molecule has 1 rings (SSSR count). The van der Waals surface area contributed by atoms with Gasteiger partial charge in [0.05, 0.1) is 6.54 Å². The number of rotatable bonds is 5. The molecule has 1 fully saturated rings. The Bertz CT molecular complexity index is 238. The van der Waals surface area contributed by atoms with Crippen molar-refractivity contribution in [2.45, 2.75) is 53.0 Å². The highest BCUT2D eigenvalue weighted by atomic mass is 19.3. The Balaban J connectivity index is 2.49. The number of halogens is 2. The van der Waals surface area contributed by atoms with Gasteiger partial charge in [0.15, 0.2) is 0 Å². The number of nitrogens with zero attached hydrogens (tertiary/aromatic N) is 1. The van der Waals surface area contributed by atoms with Crippen molar-refractivity contribution in [1.29, 1.82) is 0 Å². The molecule has 0 aromatic carbocycles. The molecule has 0 amide bonds. The number of likely N-dealkylation sites (N-methyl/N-ethyl adjacent to an activating group) is 1. The topological polar surface area (TPSA) is 15.3 Å². The van der Waals surface area contributed by atoms with Gasteiger partial charge in [-0.25, -0.2) is 8.78 Å². The molecule has 0 saturated carbocycles. The SMILES string of the molecule is CCN1CC(CC(C)(C)C)CC(NCC(F)F)C1. The maximum absolute atomic E-state index is 12.3. The second kappa shape index (κ2) is 6.80. The zero-order valence-electron chi connectivity index (χ0n) is 12.2. The van der Waals surface area contributed by atoms with Crippen LogP contribution >= 0.6 is 0 Å². The first kappa shape index (κ1) is 15.8. The van der Waals surface area contributed by atoms with E-state index in [1.807, 2.05) is 0 Å². The fourth-order valence-corrected chi connectivity index (χ4v) is 2.98. The van der Waals surface area contributed by atoms with Crippen molar-refractivity contribution in [3.8, 4) is 0 Å². The summed E-state index contributed by atoms with van der Waals surface area (Å²) in [6, 6.07) is 0.222. The van der Waals surface area contributed by atoms with Gasteiger partial charge in [0.1, 0.15) is 0 Å². The lowest BCUT2D eigenvalue weighted by molar-refractivity contribution is 0.0975. The van der Waals surface area contributed by atoms with Crippen LogP contribution in [0.2, 0.25) is 0 Å². The van der Waals surface area contributed by atoms with Gasteiger partial charge >= 0.3 is 0 Å². The lowest BCUT2D eigenvalue weighted by Gasteiger charge is -2.40. The zero-order valence-corrected chi connectivity index (χ0v) is 12.2. The van der Waals surface area contributed by atoms with E-state index in [4.69, 9.17) is 0 Å². The van der Waals surface area contributed by atoms with Gasteiger partial charge < -0.3 is 10.2 Å². The molecule has 0 spiro atoms. The fourth-order valence-electron chi connectivity index (χ4n) is 2.98. The summed E-state index contributed by atoms with van der Waals surface area (Å²) in [5.41, 5.74) is 0.314. The summed E-state index contributed by atoms with van der Waals surface area (Å²) in [6.45, 7) is 11.7. The highest BCUT2D eigenvalue weighted by molar-refractivity contribution is 4.85. The van der Waals surface area contributed by atoms with Crippen LogP contribution in [0, 0.1) is 11.3 Å². The van der Waals surface area contributed by atoms with Gasteiger partial charge in [0, 0.05) is 19.1 Å². The highest BCUT2D eigenvalue weighted by Gasteiger charge is 2.29. The lowest BCUT2D eigenvalue weighted by Crippen LogP contribution is -2.50. The zero-order chi connectivity index (χ0) is 13.8. The first-order valence-electron chi connectivity index (χ1n) is 7.04. The second-order valence-corrected chi connectivity index (χ2v) is 6.71. The monoisotopic (exact) mass is 262 g/mol. The molecule has 108 valence electrons. The summed E-state index contributed by atoms with van der Waals surface area (Å²) >= 11 is 0. The van der Waals surface area contributed by atoms with Gasteiger partial charge in [0.25, 0.3) is 6.43 Å². The number of nitrogens with one attached hydrogen (secondary N) is 1. The molecule has 0 aromatic heterocycles. The van der Waals surface area contributed by atoms with E-state index in [0.717, 1.165) is 32.5 Å². The first-order valence-corrected chi connectivity index (χ1v) is 7.04. The van der Waals surface area contributed by atoms with Crippen molar-refractivity contribution in [1.82, 2.24) is 10.2 Å². The second-order valence-electron chi connectivity index (χ2n) is 6.71. The smallest absolute Gasteiger partial charge is 0.250 e. The maximum Gasteiger partial charge on any atom is 0.250 e. The molecule has 1 saturated heterocycles. The van der Waals surface area contributed by atoms with Crippen LogP contribution in [0.3, 0.4) is 0 Å². The molecule has 1 aliphatic heterocycles. The predicted molar refractivity (Wildman–Crippen MR) is 72.1 cm³/mol. The Morgan fingerprint density at radius 1 is 1.28 bits per heavy atom. The van der Waals surface area contributed by atoms with E-state index in [1.165, 1.54) is 0 Å². The number of hydrogen-bond donors (Lipinski definition) is 1. The number of piperidine rings is 1. The standard InChI is InChI=1S/C14H28F2N2/c1-5-18-9-11(7-14(2,3)4)6-12(10-18)17-8-13(15)16/h11-13,17H,5-10H2,1-4H3. The Hall–Kier alpha value is -0.220. The van der Waals surface area contributed by atoms with Gasteiger partial charge in [-0.2, -0.15) is 0 Å². The van der Waals surface area contributed by atoms with Crippen molar-refractivity contribution in [3.05, 3.63) is 0 Å². The fraction of sp³-hybridized carbons (Fsp3) is 1.00. The van der Waals surface area contributed by atoms with Gasteiger partial charge in [-0.1, -0.05) is 27.7 Å². The van der Waals surface area contributed by atoms with E-state index < -0.39 is 6.43 Å². The minimum atomic E-state index is -2.25. The minimum absolute atomic E-state index is 0.176. The molecule has 1 heterocycles. The molecule has 2 atom stereocenters. The molecule has 1 aliphatic rings. The molecule has 1 N–H and O–H groups in total. The van der Waals surface area contributed by atoms with Crippen LogP contribution in [0.15, 0.2) is 0 Å². The van der Waals surface area contributed by atoms with E-state index in [0.29, 0.717) is 11.3 Å². The maximum atomic E-state index is 12.3. The van der Waals surface area contributed by atoms with Crippen LogP contribution in [0.1, 0.15) is 40.5 Å². The molecule has 0 bridgehead atoms. The van der Waals surface area contributed by atoms with E-state index in [2.05, 4.69) is 37.9 Å². The summed E-state index contributed by atoms with van der Waals surface area (Å²) in [5, 5.41) is 3.01. The molecule has 2 nitrogen and oxygen atoms in total. The van der Waals surface area contributed by atoms with Crippen molar-refractivity contribution in [2.75, 3.05) is 26.2 Å². The number of likely N-dealkylation sites (tertiary alicyclic amines) is 1. The third kappa shape index (κ3) is 6.10. The van der Waals surface area contributed by atoms with Crippen LogP contribution in [-0.4, -0.2) is 43.5 Å². The molecule has 2 unspecified atom stereocenters. The van der Waals surface area contributed by atoms with Crippen molar-refractivity contribution in [2.24, 2.45) is 11.3 Å². The summed E-state index contributed by atoms with van der Waals surface area (Å²) in [5.74, 6) is 0.619. The van der Waals surface area contributed by atoms with E-state index >= 15 is 0 Å². The van der Waals surface area contributed by atoms with Gasteiger partial charge in [-0.05, 0) is 30.7 Å². The largest absolute Gasteiger partial charge is 0.307 e. The summed E-state index contributed by atoms with van der Waals surface area (Å²) in [4.78, 5) is 2.38. The first-order chi connectivity index (χ1) is 8.30. The quantitative estimate of drug-likeness (QED) is 0.819. The average Bonchev–Trinajstić information content (AvgIpc) is 2.23. The van der Waals surface area contributed by atoms with E-state index in [1.54, 1.807) is 0 Å². The van der Waals surface area contributed by atoms with E-state index in [-0.39, 0.29) is 12.6 Å². The van der Waals surface area contributed by atoms with Crippen LogP contribution in [0.25, 0.3) is 0 Å². The van der Waals surface area contributed by atoms with Gasteiger partial charge in [-0.3, -0.25) is 0 Å². The average molecular weight is 262 g/mol. The highest BCUT2D eigenvalue weighted by Crippen LogP contribution is 2.30. The van der Waals surface area contributed by atoms with Crippen molar-refractivity contribution in [3.63, 3.8) is 0 Å². The Labute approximate surface area is 110 Å². The summed E-state index contributed by atoms with van der Waals surface area (Å²) in [6.07, 6.45) is -0.0558. The molecule has 18 heavy (non-hydrogen) atoms. The molecule has 4 heteroatoms. The molecule has 0 aromatic rings. The molecule has 0 aliphatic carbocycles. The van der Waals surface area contributed by atoms with Gasteiger partial charge in [0.2, 0.25) is 0 Å². The predicted octanol–water partition coefficient (Wildman–Crippen LogP) is 2.99. The van der Waals surface area contributed by atoms with Crippen molar-refractivity contribution >= 4 is 0 Å². The lowest BCUT2D eigenvalue weighted by atomic mass is 9.80. The van der Waals surface area contributed by atoms with Crippen LogP contribution in [0.5, 0.6) is 0 Å². The van der Waals surface area contributed by atoms with Crippen LogP contribution in [-0.2, 0) is 0 Å². The Kier molecular flexibility index (Phi) is 5.99.